The summed E-state index contributed by atoms with van der Waals surface area (Å²) in [6.45, 7) is 3.21. The Morgan fingerprint density at radius 3 is 2.17 bits per heavy atom. The minimum atomic E-state index is -0.934. The van der Waals surface area contributed by atoms with Gasteiger partial charge in [0, 0.05) is 17.5 Å². The minimum Gasteiger partial charge on any atom is -0.493 e. The molecule has 18 heavy (non-hydrogen) atoms. The van der Waals surface area contributed by atoms with Gasteiger partial charge in [0.05, 0.1) is 14.2 Å². The van der Waals surface area contributed by atoms with Gasteiger partial charge in [-0.2, -0.15) is 0 Å². The molecule has 0 saturated heterocycles. The van der Waals surface area contributed by atoms with Gasteiger partial charge in [0.2, 0.25) is 0 Å². The van der Waals surface area contributed by atoms with Crippen LogP contribution < -0.4 is 9.47 Å². The maximum absolute atomic E-state index is 14.0. The van der Waals surface area contributed by atoms with Gasteiger partial charge in [-0.25, -0.2) is 4.39 Å². The van der Waals surface area contributed by atoms with Gasteiger partial charge in [-0.3, -0.25) is 4.79 Å². The van der Waals surface area contributed by atoms with Crippen LogP contribution >= 0.6 is 0 Å². The van der Waals surface area contributed by atoms with Crippen LogP contribution in [0.5, 0.6) is 11.5 Å². The summed E-state index contributed by atoms with van der Waals surface area (Å²) >= 11 is 0. The maximum Gasteiger partial charge on any atom is 0.303 e. The van der Waals surface area contributed by atoms with E-state index in [9.17, 15) is 9.18 Å². The molecule has 1 aromatic rings. The number of ether oxygens (including phenoxy) is 2. The number of carboxylic acids is 1. The Kier molecular flexibility index (Phi) is 4.53. The van der Waals surface area contributed by atoms with Crippen molar-refractivity contribution in [2.75, 3.05) is 14.2 Å². The van der Waals surface area contributed by atoms with Crippen molar-refractivity contribution in [2.45, 2.75) is 26.7 Å². The highest BCUT2D eigenvalue weighted by Crippen LogP contribution is 2.39. The first-order valence-electron chi connectivity index (χ1n) is 5.55. The predicted octanol–water partition coefficient (Wildman–Crippen LogP) is 2.48. The molecule has 0 bridgehead atoms. The molecule has 0 aliphatic carbocycles. The lowest BCUT2D eigenvalue weighted by atomic mass is 9.98. The Morgan fingerprint density at radius 1 is 1.17 bits per heavy atom. The van der Waals surface area contributed by atoms with Crippen molar-refractivity contribution in [1.29, 1.82) is 0 Å². The van der Waals surface area contributed by atoms with Crippen molar-refractivity contribution in [3.63, 3.8) is 0 Å². The van der Waals surface area contributed by atoms with Crippen LogP contribution in [-0.2, 0) is 11.2 Å². The van der Waals surface area contributed by atoms with E-state index in [0.717, 1.165) is 0 Å². The van der Waals surface area contributed by atoms with Crippen molar-refractivity contribution < 1.29 is 23.8 Å². The average Bonchev–Trinajstić information content (AvgIpc) is 2.34. The SMILES string of the molecule is COc1c(C)c(F)c(C)c(CCC(=O)O)c1OC. The number of halogens is 1. The van der Waals surface area contributed by atoms with Crippen LogP contribution in [0.4, 0.5) is 4.39 Å². The summed E-state index contributed by atoms with van der Waals surface area (Å²) in [5.74, 6) is -0.583. The van der Waals surface area contributed by atoms with Crippen LogP contribution in [0.1, 0.15) is 23.1 Å². The first kappa shape index (κ1) is 14.3. The molecule has 0 aromatic heterocycles. The molecule has 0 atom stereocenters. The Hall–Kier alpha value is -1.78. The van der Waals surface area contributed by atoms with Crippen LogP contribution in [0.25, 0.3) is 0 Å². The van der Waals surface area contributed by atoms with Crippen molar-refractivity contribution in [3.8, 4) is 11.5 Å². The van der Waals surface area contributed by atoms with Crippen molar-refractivity contribution in [2.24, 2.45) is 0 Å². The van der Waals surface area contributed by atoms with Gasteiger partial charge in [-0.15, -0.1) is 0 Å². The maximum atomic E-state index is 14.0. The average molecular weight is 256 g/mol. The second kappa shape index (κ2) is 5.71. The fraction of sp³-hybridized carbons (Fsp3) is 0.462. The predicted molar refractivity (Wildman–Crippen MR) is 64.9 cm³/mol. The van der Waals surface area contributed by atoms with Crippen LogP contribution in [0, 0.1) is 19.7 Å². The third-order valence-corrected chi connectivity index (χ3v) is 2.93. The zero-order valence-corrected chi connectivity index (χ0v) is 11.0. The molecule has 0 fully saturated rings. The van der Waals surface area contributed by atoms with Gasteiger partial charge < -0.3 is 14.6 Å². The lowest BCUT2D eigenvalue weighted by Gasteiger charge is -2.18. The molecule has 0 spiro atoms. The third kappa shape index (κ3) is 2.55. The van der Waals surface area contributed by atoms with Gasteiger partial charge in [0.25, 0.3) is 0 Å². The molecule has 0 heterocycles. The fourth-order valence-corrected chi connectivity index (χ4v) is 1.99. The number of hydrogen-bond donors (Lipinski definition) is 1. The number of benzene rings is 1. The molecule has 0 radical (unpaired) electrons. The van der Waals surface area contributed by atoms with Crippen LogP contribution in [0.15, 0.2) is 0 Å². The van der Waals surface area contributed by atoms with Gasteiger partial charge in [-0.05, 0) is 25.8 Å². The van der Waals surface area contributed by atoms with Crippen molar-refractivity contribution in [1.82, 2.24) is 0 Å². The molecule has 0 unspecified atom stereocenters. The summed E-state index contributed by atoms with van der Waals surface area (Å²) in [4.78, 5) is 10.6. The minimum absolute atomic E-state index is 0.0805. The summed E-state index contributed by atoms with van der Waals surface area (Å²) in [7, 11) is 2.89. The lowest BCUT2D eigenvalue weighted by molar-refractivity contribution is -0.136. The molecule has 0 aliphatic heterocycles. The molecular formula is C13H17FO4. The Bertz CT molecular complexity index is 469. The molecule has 0 amide bonds. The number of methoxy groups -OCH3 is 2. The normalized spacial score (nSPS) is 10.3. The molecule has 100 valence electrons. The smallest absolute Gasteiger partial charge is 0.303 e. The summed E-state index contributed by atoms with van der Waals surface area (Å²) in [6, 6.07) is 0. The van der Waals surface area contributed by atoms with E-state index >= 15 is 0 Å². The molecule has 4 nitrogen and oxygen atoms in total. The van der Waals surface area contributed by atoms with Gasteiger partial charge in [-0.1, -0.05) is 0 Å². The summed E-state index contributed by atoms with van der Waals surface area (Å²) in [6.07, 6.45) is 0.126. The van der Waals surface area contributed by atoms with E-state index in [4.69, 9.17) is 14.6 Å². The molecule has 1 N–H and O–H groups in total. The Balaban J connectivity index is 3.38. The first-order chi connectivity index (χ1) is 8.43. The summed E-state index contributed by atoms with van der Waals surface area (Å²) < 4.78 is 24.4. The largest absolute Gasteiger partial charge is 0.493 e. The highest BCUT2D eigenvalue weighted by atomic mass is 19.1. The zero-order chi connectivity index (χ0) is 13.9. The van der Waals surface area contributed by atoms with E-state index in [1.165, 1.54) is 14.2 Å². The molecule has 1 rings (SSSR count). The van der Waals surface area contributed by atoms with Crippen molar-refractivity contribution in [3.05, 3.63) is 22.5 Å². The van der Waals surface area contributed by atoms with Gasteiger partial charge >= 0.3 is 5.97 Å². The van der Waals surface area contributed by atoms with Crippen LogP contribution in [-0.4, -0.2) is 25.3 Å². The van der Waals surface area contributed by atoms with Gasteiger partial charge in [0.1, 0.15) is 5.82 Å². The lowest BCUT2D eigenvalue weighted by Crippen LogP contribution is -2.06. The first-order valence-corrected chi connectivity index (χ1v) is 5.55. The second-order valence-corrected chi connectivity index (χ2v) is 4.00. The highest BCUT2D eigenvalue weighted by molar-refractivity contribution is 5.68. The Morgan fingerprint density at radius 2 is 1.72 bits per heavy atom. The number of hydrogen-bond acceptors (Lipinski definition) is 3. The number of rotatable bonds is 5. The quantitative estimate of drug-likeness (QED) is 0.879. The number of carbonyl (C=O) groups is 1. The monoisotopic (exact) mass is 256 g/mol. The van der Waals surface area contributed by atoms with E-state index < -0.39 is 5.97 Å². The van der Waals surface area contributed by atoms with E-state index in [2.05, 4.69) is 0 Å². The van der Waals surface area contributed by atoms with E-state index in [-0.39, 0.29) is 18.7 Å². The third-order valence-electron chi connectivity index (χ3n) is 2.93. The fourth-order valence-electron chi connectivity index (χ4n) is 1.99. The molecular weight excluding hydrogens is 239 g/mol. The van der Waals surface area contributed by atoms with E-state index in [1.807, 2.05) is 0 Å². The highest BCUT2D eigenvalue weighted by Gasteiger charge is 2.21. The number of carboxylic acid groups (broad SMARTS) is 1. The Labute approximate surface area is 105 Å². The van der Waals surface area contributed by atoms with Gasteiger partial charge in [0.15, 0.2) is 11.5 Å². The number of aliphatic carboxylic acids is 1. The molecule has 1 aromatic carbocycles. The summed E-state index contributed by atoms with van der Waals surface area (Å²) in [5, 5.41) is 8.71. The molecule has 5 heteroatoms. The standard InChI is InChI=1S/C13H17FO4/c1-7-9(5-6-10(15)16)13(18-4)12(17-3)8(2)11(7)14/h5-6H2,1-4H3,(H,15,16). The van der Waals surface area contributed by atoms with Crippen LogP contribution in [0.2, 0.25) is 0 Å². The second-order valence-electron chi connectivity index (χ2n) is 4.00. The van der Waals surface area contributed by atoms with E-state index in [0.29, 0.717) is 28.2 Å². The topological polar surface area (TPSA) is 55.8 Å². The van der Waals surface area contributed by atoms with E-state index in [1.54, 1.807) is 13.8 Å². The van der Waals surface area contributed by atoms with Crippen molar-refractivity contribution >= 4 is 5.97 Å². The summed E-state index contributed by atoms with van der Waals surface area (Å²) in [5.41, 5.74) is 1.32. The van der Waals surface area contributed by atoms with Crippen LogP contribution in [0.3, 0.4) is 0 Å². The molecule has 0 saturated carbocycles. The molecule has 0 aliphatic rings. The zero-order valence-electron chi connectivity index (χ0n) is 11.0.